The highest BCUT2D eigenvalue weighted by Crippen LogP contribution is 2.34. The van der Waals surface area contributed by atoms with Gasteiger partial charge in [-0.3, -0.25) is 0 Å². The Labute approximate surface area is 154 Å². The van der Waals surface area contributed by atoms with Crippen LogP contribution in [0.5, 0.6) is 5.75 Å². The van der Waals surface area contributed by atoms with Gasteiger partial charge in [-0.1, -0.05) is 12.1 Å². The summed E-state index contributed by atoms with van der Waals surface area (Å²) in [7, 11) is 1.71. The Morgan fingerprint density at radius 3 is 2.42 bits per heavy atom. The van der Waals surface area contributed by atoms with Crippen molar-refractivity contribution < 1.29 is 4.74 Å². The van der Waals surface area contributed by atoms with Gasteiger partial charge in [0.2, 0.25) is 0 Å². The van der Waals surface area contributed by atoms with Crippen molar-refractivity contribution in [2.75, 3.05) is 7.11 Å². The third-order valence-electron chi connectivity index (χ3n) is 5.09. The largest absolute Gasteiger partial charge is 0.496 e. The molecule has 3 aromatic rings. The van der Waals surface area contributed by atoms with E-state index in [2.05, 4.69) is 56.3 Å². The van der Waals surface area contributed by atoms with E-state index >= 15 is 0 Å². The monoisotopic (exact) mass is 344 g/mol. The molecule has 1 aliphatic carbocycles. The Bertz CT molecular complexity index is 1000. The van der Waals surface area contributed by atoms with Gasteiger partial charge in [0.15, 0.2) is 5.65 Å². The molecule has 0 radical (unpaired) electrons. The predicted octanol–water partition coefficient (Wildman–Crippen LogP) is 5.88. The SMILES string of the molecule is COc1cc(C)cc(C)c1-c1ccc2ccc(C3=CCCCC3)nc2n1. The molecular formula is C23H24N2O. The minimum atomic E-state index is 0.800. The fourth-order valence-electron chi connectivity index (χ4n) is 3.81. The molecule has 2 aromatic heterocycles. The van der Waals surface area contributed by atoms with Gasteiger partial charge in [0.25, 0.3) is 0 Å². The molecule has 1 aromatic carbocycles. The van der Waals surface area contributed by atoms with Crippen molar-refractivity contribution in [3.05, 3.63) is 59.3 Å². The Morgan fingerprint density at radius 2 is 1.69 bits per heavy atom. The summed E-state index contributed by atoms with van der Waals surface area (Å²) >= 11 is 0. The van der Waals surface area contributed by atoms with E-state index in [1.165, 1.54) is 29.5 Å². The lowest BCUT2D eigenvalue weighted by atomic mass is 9.96. The number of hydrogen-bond acceptors (Lipinski definition) is 3. The minimum absolute atomic E-state index is 0.800. The van der Waals surface area contributed by atoms with Crippen LogP contribution in [0.2, 0.25) is 0 Å². The number of fused-ring (bicyclic) bond motifs is 1. The van der Waals surface area contributed by atoms with Crippen LogP contribution in [0.3, 0.4) is 0 Å². The van der Waals surface area contributed by atoms with Crippen molar-refractivity contribution in [3.8, 4) is 17.0 Å². The maximum atomic E-state index is 5.62. The summed E-state index contributed by atoms with van der Waals surface area (Å²) < 4.78 is 5.62. The number of ether oxygens (including phenoxy) is 1. The quantitative estimate of drug-likeness (QED) is 0.595. The molecule has 3 nitrogen and oxygen atoms in total. The molecule has 0 bridgehead atoms. The second-order valence-corrected chi connectivity index (χ2v) is 7.07. The van der Waals surface area contributed by atoms with Crippen LogP contribution in [0.15, 0.2) is 42.5 Å². The van der Waals surface area contributed by atoms with Crippen LogP contribution in [-0.2, 0) is 0 Å². The fraction of sp³-hybridized carbons (Fsp3) is 0.304. The average Bonchev–Trinajstić information content (AvgIpc) is 2.67. The molecule has 132 valence electrons. The Kier molecular flexibility index (Phi) is 4.46. The normalized spacial score (nSPS) is 14.3. The topological polar surface area (TPSA) is 35.0 Å². The molecule has 4 rings (SSSR count). The summed E-state index contributed by atoms with van der Waals surface area (Å²) in [5.41, 5.74) is 7.53. The first-order chi connectivity index (χ1) is 12.7. The van der Waals surface area contributed by atoms with Crippen molar-refractivity contribution >= 4 is 16.6 Å². The van der Waals surface area contributed by atoms with Gasteiger partial charge in [-0.2, -0.15) is 0 Å². The molecule has 0 spiro atoms. The summed E-state index contributed by atoms with van der Waals surface area (Å²) in [6.07, 6.45) is 7.13. The molecule has 0 N–H and O–H groups in total. The number of aryl methyl sites for hydroxylation is 2. The summed E-state index contributed by atoms with van der Waals surface area (Å²) in [6, 6.07) is 12.6. The highest BCUT2D eigenvalue weighted by Gasteiger charge is 2.14. The highest BCUT2D eigenvalue weighted by atomic mass is 16.5. The second-order valence-electron chi connectivity index (χ2n) is 7.07. The van der Waals surface area contributed by atoms with E-state index in [9.17, 15) is 0 Å². The number of hydrogen-bond donors (Lipinski definition) is 0. The zero-order chi connectivity index (χ0) is 18.1. The van der Waals surface area contributed by atoms with Crippen LogP contribution in [0.4, 0.5) is 0 Å². The number of rotatable bonds is 3. The maximum absolute atomic E-state index is 5.62. The van der Waals surface area contributed by atoms with Crippen LogP contribution in [0.1, 0.15) is 42.5 Å². The van der Waals surface area contributed by atoms with E-state index in [0.29, 0.717) is 0 Å². The number of aromatic nitrogens is 2. The number of pyridine rings is 2. The molecule has 0 amide bonds. The molecule has 0 atom stereocenters. The lowest BCUT2D eigenvalue weighted by Crippen LogP contribution is -1.98. The molecule has 0 fully saturated rings. The third-order valence-corrected chi connectivity index (χ3v) is 5.09. The second kappa shape index (κ2) is 6.91. The van der Waals surface area contributed by atoms with Gasteiger partial charge < -0.3 is 4.74 Å². The number of methoxy groups -OCH3 is 1. The average molecular weight is 344 g/mol. The molecular weight excluding hydrogens is 320 g/mol. The Morgan fingerprint density at radius 1 is 0.923 bits per heavy atom. The first-order valence-electron chi connectivity index (χ1n) is 9.28. The zero-order valence-corrected chi connectivity index (χ0v) is 15.7. The molecule has 3 heteroatoms. The molecule has 26 heavy (non-hydrogen) atoms. The van der Waals surface area contributed by atoms with Crippen molar-refractivity contribution in [2.24, 2.45) is 0 Å². The van der Waals surface area contributed by atoms with Gasteiger partial charge in [0.1, 0.15) is 5.75 Å². The third kappa shape index (κ3) is 3.10. The van der Waals surface area contributed by atoms with Crippen LogP contribution in [-0.4, -0.2) is 17.1 Å². The highest BCUT2D eigenvalue weighted by molar-refractivity contribution is 5.82. The smallest absolute Gasteiger partial charge is 0.160 e. The predicted molar refractivity (Wildman–Crippen MR) is 107 cm³/mol. The first-order valence-corrected chi connectivity index (χ1v) is 9.28. The van der Waals surface area contributed by atoms with E-state index in [0.717, 1.165) is 46.6 Å². The molecule has 2 heterocycles. The Balaban J connectivity index is 1.84. The molecule has 0 unspecified atom stereocenters. The van der Waals surface area contributed by atoms with E-state index in [1.54, 1.807) is 7.11 Å². The number of benzene rings is 1. The van der Waals surface area contributed by atoms with Crippen LogP contribution >= 0.6 is 0 Å². The summed E-state index contributed by atoms with van der Waals surface area (Å²) in [4.78, 5) is 9.75. The van der Waals surface area contributed by atoms with Gasteiger partial charge in [0.05, 0.1) is 18.5 Å². The van der Waals surface area contributed by atoms with Crippen LogP contribution in [0.25, 0.3) is 27.9 Å². The molecule has 0 aliphatic heterocycles. The number of nitrogens with zero attached hydrogens (tertiary/aromatic N) is 2. The van der Waals surface area contributed by atoms with Gasteiger partial charge in [-0.15, -0.1) is 0 Å². The first kappa shape index (κ1) is 16.8. The van der Waals surface area contributed by atoms with E-state index in [-0.39, 0.29) is 0 Å². The molecule has 0 saturated heterocycles. The van der Waals surface area contributed by atoms with Crippen LogP contribution in [0, 0.1) is 13.8 Å². The van der Waals surface area contributed by atoms with E-state index in [4.69, 9.17) is 14.7 Å². The maximum Gasteiger partial charge on any atom is 0.160 e. The lowest BCUT2D eigenvalue weighted by Gasteiger charge is -2.14. The number of allylic oxidation sites excluding steroid dienone is 2. The van der Waals surface area contributed by atoms with Gasteiger partial charge in [-0.05, 0) is 86.6 Å². The summed E-state index contributed by atoms with van der Waals surface area (Å²) in [6.45, 7) is 4.19. The molecule has 0 saturated carbocycles. The van der Waals surface area contributed by atoms with E-state index in [1.807, 2.05) is 0 Å². The van der Waals surface area contributed by atoms with Crippen molar-refractivity contribution in [1.82, 2.24) is 9.97 Å². The van der Waals surface area contributed by atoms with Crippen LogP contribution < -0.4 is 4.74 Å². The van der Waals surface area contributed by atoms with Crippen molar-refractivity contribution in [2.45, 2.75) is 39.5 Å². The molecule has 1 aliphatic rings. The summed E-state index contributed by atoms with van der Waals surface area (Å²) in [5.74, 6) is 0.862. The van der Waals surface area contributed by atoms with Gasteiger partial charge >= 0.3 is 0 Å². The lowest BCUT2D eigenvalue weighted by molar-refractivity contribution is 0.415. The minimum Gasteiger partial charge on any atom is -0.496 e. The van der Waals surface area contributed by atoms with Crippen molar-refractivity contribution in [1.29, 1.82) is 0 Å². The van der Waals surface area contributed by atoms with E-state index < -0.39 is 0 Å². The van der Waals surface area contributed by atoms with Gasteiger partial charge in [-0.25, -0.2) is 9.97 Å². The zero-order valence-electron chi connectivity index (χ0n) is 15.7. The Hall–Kier alpha value is -2.68. The van der Waals surface area contributed by atoms with Crippen molar-refractivity contribution in [3.63, 3.8) is 0 Å². The van der Waals surface area contributed by atoms with Gasteiger partial charge in [0, 0.05) is 10.9 Å². The summed E-state index contributed by atoms with van der Waals surface area (Å²) in [5, 5.41) is 1.07. The standard InChI is InChI=1S/C23H24N2O/c1-15-13-16(2)22(21(14-15)26-3)20-12-10-18-9-11-19(24-23(18)25-20)17-7-5-4-6-8-17/h7,9-14H,4-6,8H2,1-3H3. The fourth-order valence-corrected chi connectivity index (χ4v) is 3.81.